The van der Waals surface area contributed by atoms with E-state index in [4.69, 9.17) is 64.4 Å². The van der Waals surface area contributed by atoms with Crippen LogP contribution < -0.4 is 27.6 Å². The van der Waals surface area contributed by atoms with Gasteiger partial charge in [-0.25, -0.2) is 0 Å². The average molecular weight is 299 g/mol. The fraction of sp³-hybridized carbons (Fsp3) is 0.417. The Morgan fingerprint density at radius 2 is 1.59 bits per heavy atom. The molecule has 98 valence electrons. The SMILES string of the molecule is [B]c1c([B])c([B])c(C2(N)C(=O)C(O)CCC2([B])[B])c(Cl)c1[B]. The molecule has 1 fully saturated rings. The van der Waals surface area contributed by atoms with Crippen molar-refractivity contribution in [2.24, 2.45) is 5.73 Å². The lowest BCUT2D eigenvalue weighted by molar-refractivity contribution is -0.136. The number of hydrogen-bond acceptors (Lipinski definition) is 3. The van der Waals surface area contributed by atoms with E-state index in [2.05, 4.69) is 0 Å². The molecule has 0 aromatic heterocycles. The molecule has 3 nitrogen and oxygen atoms in total. The van der Waals surface area contributed by atoms with Crippen molar-refractivity contribution in [3.8, 4) is 0 Å². The number of aliphatic hydroxyl groups excluding tert-OH is 1. The number of benzene rings is 1. The number of aliphatic hydroxyl groups is 1. The Hall–Kier alpha value is -0.510. The molecule has 1 saturated carbocycles. The van der Waals surface area contributed by atoms with Crippen LogP contribution in [0, 0.1) is 0 Å². The summed E-state index contributed by atoms with van der Waals surface area (Å²) >= 11 is 6.17. The van der Waals surface area contributed by atoms with Crippen LogP contribution in [0.15, 0.2) is 0 Å². The second-order valence-electron chi connectivity index (χ2n) is 5.61. The van der Waals surface area contributed by atoms with Crippen molar-refractivity contribution >= 4 is 86.3 Å². The van der Waals surface area contributed by atoms with Gasteiger partial charge in [-0.05, 0) is 12.0 Å². The molecule has 2 atom stereocenters. The van der Waals surface area contributed by atoms with Crippen LogP contribution in [0.4, 0.5) is 0 Å². The highest BCUT2D eigenvalue weighted by Gasteiger charge is 2.54. The predicted molar refractivity (Wildman–Crippen MR) is 93.3 cm³/mol. The van der Waals surface area contributed by atoms with Gasteiger partial charge in [0.25, 0.3) is 0 Å². The maximum absolute atomic E-state index is 12.5. The summed E-state index contributed by atoms with van der Waals surface area (Å²) in [7, 11) is 35.2. The fourth-order valence-corrected chi connectivity index (χ4v) is 3.09. The zero-order valence-corrected chi connectivity index (χ0v) is 12.5. The van der Waals surface area contributed by atoms with Crippen molar-refractivity contribution in [2.45, 2.75) is 29.7 Å². The van der Waals surface area contributed by atoms with E-state index in [0.29, 0.717) is 0 Å². The number of ketones is 1. The minimum absolute atomic E-state index is 0.0294. The van der Waals surface area contributed by atoms with Crippen LogP contribution in [0.1, 0.15) is 18.4 Å². The van der Waals surface area contributed by atoms with Crippen LogP contribution in [0.5, 0.6) is 0 Å². The summed E-state index contributed by atoms with van der Waals surface area (Å²) in [6.07, 6.45) is -1.21. The summed E-state index contributed by atoms with van der Waals surface area (Å²) in [5, 5.41) is 8.01. The first kappa shape index (κ1) is 17.8. The predicted octanol–water partition coefficient (Wildman–Crippen LogP) is -4.15. The quantitative estimate of drug-likeness (QED) is 0.518. The van der Waals surface area contributed by atoms with Gasteiger partial charge >= 0.3 is 0 Å². The van der Waals surface area contributed by atoms with E-state index in [1.54, 1.807) is 0 Å². The van der Waals surface area contributed by atoms with Crippen molar-refractivity contribution in [1.82, 2.24) is 0 Å². The number of nitrogens with two attached hydrogens (primary N) is 1. The Labute approximate surface area is 142 Å². The van der Waals surface area contributed by atoms with E-state index >= 15 is 0 Å². The molecule has 2 unspecified atom stereocenters. The minimum atomic E-state index is -2.05. The van der Waals surface area contributed by atoms with E-state index in [1.807, 2.05) is 0 Å². The summed E-state index contributed by atoms with van der Waals surface area (Å²) in [6, 6.07) is 0. The molecule has 1 aromatic carbocycles. The normalized spacial score (nSPS) is 27.8. The van der Waals surface area contributed by atoms with Crippen molar-refractivity contribution in [3.63, 3.8) is 0 Å². The first-order valence-electron chi connectivity index (χ1n) is 6.47. The van der Waals surface area contributed by atoms with Crippen molar-refractivity contribution < 1.29 is 9.90 Å². The monoisotopic (exact) mass is 299 g/mol. The summed E-state index contributed by atoms with van der Waals surface area (Å²) in [6.45, 7) is 0. The van der Waals surface area contributed by atoms with Crippen molar-refractivity contribution in [1.29, 1.82) is 0 Å². The maximum Gasteiger partial charge on any atom is 0.184 e. The lowest BCUT2D eigenvalue weighted by Crippen LogP contribution is -2.65. The van der Waals surface area contributed by atoms with Crippen LogP contribution in [-0.4, -0.2) is 64.1 Å². The molecule has 0 saturated heterocycles. The van der Waals surface area contributed by atoms with Gasteiger partial charge in [0.2, 0.25) is 0 Å². The molecule has 22 heavy (non-hydrogen) atoms. The van der Waals surface area contributed by atoms with Crippen LogP contribution in [0.25, 0.3) is 0 Å². The maximum atomic E-state index is 12.5. The topological polar surface area (TPSA) is 63.3 Å². The van der Waals surface area contributed by atoms with Gasteiger partial charge in [-0.3, -0.25) is 4.79 Å². The molecule has 0 amide bonds. The number of carbonyl (C=O) groups excluding carboxylic acids is 1. The average Bonchev–Trinajstić information content (AvgIpc) is 2.46. The Balaban J connectivity index is 2.86. The number of hydrogen-bond donors (Lipinski definition) is 2. The molecule has 0 heterocycles. The van der Waals surface area contributed by atoms with Gasteiger partial charge < -0.3 is 10.8 Å². The minimum Gasteiger partial charge on any atom is -0.385 e. The second-order valence-corrected chi connectivity index (χ2v) is 5.99. The second kappa shape index (κ2) is 5.54. The molecule has 1 aliphatic rings. The molecular formula is C12H8B6ClNO2. The molecular weight excluding hydrogens is 290 g/mol. The van der Waals surface area contributed by atoms with E-state index in [9.17, 15) is 9.90 Å². The van der Waals surface area contributed by atoms with Crippen molar-refractivity contribution in [3.05, 3.63) is 10.6 Å². The summed E-state index contributed by atoms with van der Waals surface area (Å²) in [5.74, 6) is -0.805. The molecule has 2 rings (SSSR count). The summed E-state index contributed by atoms with van der Waals surface area (Å²) in [5.41, 5.74) is 3.70. The Morgan fingerprint density at radius 1 is 1.09 bits per heavy atom. The smallest absolute Gasteiger partial charge is 0.184 e. The lowest BCUT2D eigenvalue weighted by Gasteiger charge is -2.50. The van der Waals surface area contributed by atoms with Crippen molar-refractivity contribution in [2.75, 3.05) is 0 Å². The fourth-order valence-electron chi connectivity index (χ4n) is 2.73. The van der Waals surface area contributed by atoms with Crippen LogP contribution in [0.2, 0.25) is 10.2 Å². The van der Waals surface area contributed by atoms with Crippen LogP contribution >= 0.6 is 11.6 Å². The molecule has 3 N–H and O–H groups in total. The first-order valence-corrected chi connectivity index (χ1v) is 6.85. The Kier molecular flexibility index (Phi) is 4.49. The molecule has 0 spiro atoms. The lowest BCUT2D eigenvalue weighted by atomic mass is 9.38. The largest absolute Gasteiger partial charge is 0.385 e. The number of carbonyl (C=O) groups is 1. The molecule has 0 aliphatic heterocycles. The number of Topliss-reactive ketones (excluding diaryl/α,β-unsaturated/α-hetero) is 1. The van der Waals surface area contributed by atoms with Gasteiger partial charge in [0.15, 0.2) is 5.78 Å². The summed E-state index contributed by atoms with van der Waals surface area (Å²) in [4.78, 5) is 12.5. The van der Waals surface area contributed by atoms with E-state index in [1.165, 1.54) is 0 Å². The zero-order valence-electron chi connectivity index (χ0n) is 11.8. The standard InChI is InChI=1S/C12H8B6ClNO2/c13-5-4(9(19)8(16)7(15)6(5)14)12(20)10(22)3(21)1-2-11(12,17)18/h3,21H,1-2,20H2. The third-order valence-electron chi connectivity index (χ3n) is 4.25. The van der Waals surface area contributed by atoms with Gasteiger partial charge in [-0.2, -0.15) is 0 Å². The van der Waals surface area contributed by atoms with E-state index in [-0.39, 0.29) is 45.3 Å². The Morgan fingerprint density at radius 3 is 2.14 bits per heavy atom. The molecule has 0 bridgehead atoms. The zero-order chi connectivity index (χ0) is 17.0. The molecule has 1 aromatic rings. The van der Waals surface area contributed by atoms with E-state index < -0.39 is 22.6 Å². The van der Waals surface area contributed by atoms with Gasteiger partial charge in [-0.1, -0.05) is 34.2 Å². The third kappa shape index (κ3) is 2.24. The summed E-state index contributed by atoms with van der Waals surface area (Å²) < 4.78 is 0. The highest BCUT2D eigenvalue weighted by Crippen LogP contribution is 2.48. The Bertz CT molecular complexity index is 639. The third-order valence-corrected chi connectivity index (χ3v) is 4.64. The molecule has 12 radical (unpaired) electrons. The van der Waals surface area contributed by atoms with Crippen LogP contribution in [0.3, 0.4) is 0 Å². The van der Waals surface area contributed by atoms with Gasteiger partial charge in [-0.15, -0.1) is 10.9 Å². The molecule has 10 heteroatoms. The van der Waals surface area contributed by atoms with Gasteiger partial charge in [0.1, 0.15) is 37.5 Å². The number of halogens is 1. The van der Waals surface area contributed by atoms with E-state index in [0.717, 1.165) is 0 Å². The van der Waals surface area contributed by atoms with Crippen LogP contribution in [-0.2, 0) is 10.3 Å². The number of rotatable bonds is 1. The first-order chi connectivity index (χ1) is 9.96. The highest BCUT2D eigenvalue weighted by atomic mass is 35.5. The van der Waals surface area contributed by atoms with Gasteiger partial charge in [0.05, 0.1) is 21.2 Å². The molecule has 1 aliphatic carbocycles. The van der Waals surface area contributed by atoms with Gasteiger partial charge in [0, 0.05) is 5.02 Å². The highest BCUT2D eigenvalue weighted by molar-refractivity contribution is 6.66.